The molecule has 0 heterocycles. The number of nitrogens with one attached hydrogen (secondary N) is 1. The number of carboxylic acids is 1. The molecule has 1 unspecified atom stereocenters. The lowest BCUT2D eigenvalue weighted by Gasteiger charge is -2.18. The topological polar surface area (TPSA) is 75.6 Å². The zero-order valence-corrected chi connectivity index (χ0v) is 13.3. The Hall–Kier alpha value is -1.53. The predicted molar refractivity (Wildman–Crippen MR) is 82.4 cm³/mol. The maximum atomic E-state index is 11.8. The monoisotopic (exact) mass is 311 g/mol. The highest BCUT2D eigenvalue weighted by atomic mass is 32.2. The zero-order chi connectivity index (χ0) is 15.8. The Labute approximate surface area is 129 Å². The Morgan fingerprint density at radius 2 is 1.90 bits per heavy atom. The number of amides is 1. The second kappa shape index (κ2) is 8.69. The highest BCUT2D eigenvalue weighted by molar-refractivity contribution is 7.98. The summed E-state index contributed by atoms with van der Waals surface area (Å²) in [5.74, 6) is -1.28. The smallest absolute Gasteiger partial charge is 0.305 e. The standard InChI is InChI=1S/C15H21NO4S/c1-10(2)20-9-14(17)16-13(8-15(18)19)11-4-6-12(21-3)7-5-11/h4-7,10,13H,8-9H2,1-3H3,(H,16,17)(H,18,19). The number of ether oxygens (including phenoxy) is 1. The number of aliphatic carboxylic acids is 1. The molecule has 1 aromatic rings. The summed E-state index contributed by atoms with van der Waals surface area (Å²) in [6.07, 6.45) is 1.76. The fraction of sp³-hybridized carbons (Fsp3) is 0.467. The van der Waals surface area contributed by atoms with Crippen molar-refractivity contribution in [3.63, 3.8) is 0 Å². The lowest BCUT2D eigenvalue weighted by atomic mass is 10.0. The number of hydrogen-bond acceptors (Lipinski definition) is 4. The van der Waals surface area contributed by atoms with Crippen LogP contribution in [0.1, 0.15) is 31.9 Å². The van der Waals surface area contributed by atoms with Gasteiger partial charge < -0.3 is 15.2 Å². The zero-order valence-electron chi connectivity index (χ0n) is 12.5. The highest BCUT2D eigenvalue weighted by Gasteiger charge is 2.18. The van der Waals surface area contributed by atoms with Gasteiger partial charge in [-0.3, -0.25) is 9.59 Å². The molecule has 116 valence electrons. The van der Waals surface area contributed by atoms with Crippen molar-refractivity contribution in [1.82, 2.24) is 5.32 Å². The van der Waals surface area contributed by atoms with Crippen LogP contribution in [0.4, 0.5) is 0 Å². The van der Waals surface area contributed by atoms with Crippen molar-refractivity contribution in [2.45, 2.75) is 37.3 Å². The van der Waals surface area contributed by atoms with Crippen LogP contribution >= 0.6 is 11.8 Å². The number of carbonyl (C=O) groups excluding carboxylic acids is 1. The average Bonchev–Trinajstić information content (AvgIpc) is 2.44. The van der Waals surface area contributed by atoms with Crippen molar-refractivity contribution in [2.75, 3.05) is 12.9 Å². The van der Waals surface area contributed by atoms with Gasteiger partial charge in [-0.1, -0.05) is 12.1 Å². The second-order valence-electron chi connectivity index (χ2n) is 4.85. The largest absolute Gasteiger partial charge is 0.481 e. The average molecular weight is 311 g/mol. The van der Waals surface area contributed by atoms with Gasteiger partial charge in [0.25, 0.3) is 0 Å². The molecule has 0 aliphatic carbocycles. The number of thioether (sulfide) groups is 1. The Morgan fingerprint density at radius 3 is 2.38 bits per heavy atom. The molecule has 1 atom stereocenters. The molecule has 2 N–H and O–H groups in total. The number of hydrogen-bond donors (Lipinski definition) is 2. The molecule has 0 fully saturated rings. The quantitative estimate of drug-likeness (QED) is 0.721. The molecule has 21 heavy (non-hydrogen) atoms. The van der Waals surface area contributed by atoms with Crippen molar-refractivity contribution < 1.29 is 19.4 Å². The van der Waals surface area contributed by atoms with Crippen LogP contribution in [0.15, 0.2) is 29.2 Å². The first-order chi connectivity index (χ1) is 9.92. The van der Waals surface area contributed by atoms with Crippen LogP contribution in [0, 0.1) is 0 Å². The van der Waals surface area contributed by atoms with E-state index in [0.717, 1.165) is 10.5 Å². The first kappa shape index (κ1) is 17.5. The van der Waals surface area contributed by atoms with Gasteiger partial charge in [0.15, 0.2) is 0 Å². The summed E-state index contributed by atoms with van der Waals surface area (Å²) in [6.45, 7) is 3.60. The summed E-state index contributed by atoms with van der Waals surface area (Å²) in [4.78, 5) is 23.9. The molecule has 0 aliphatic heterocycles. The van der Waals surface area contributed by atoms with Gasteiger partial charge in [-0.05, 0) is 37.8 Å². The van der Waals surface area contributed by atoms with Crippen LogP contribution in [-0.4, -0.2) is 35.9 Å². The Bertz CT molecular complexity index is 473. The summed E-state index contributed by atoms with van der Waals surface area (Å²) < 4.78 is 5.22. The number of benzene rings is 1. The van der Waals surface area contributed by atoms with Gasteiger partial charge in [-0.25, -0.2) is 0 Å². The van der Waals surface area contributed by atoms with E-state index in [1.165, 1.54) is 0 Å². The summed E-state index contributed by atoms with van der Waals surface area (Å²) in [6, 6.07) is 6.94. The van der Waals surface area contributed by atoms with Gasteiger partial charge in [0, 0.05) is 4.90 Å². The van der Waals surface area contributed by atoms with Crippen LogP contribution in [0.5, 0.6) is 0 Å². The van der Waals surface area contributed by atoms with Crippen LogP contribution in [0.2, 0.25) is 0 Å². The molecular weight excluding hydrogens is 290 g/mol. The summed E-state index contributed by atoms with van der Waals surface area (Å²) in [7, 11) is 0. The van der Waals surface area contributed by atoms with Gasteiger partial charge in [0.05, 0.1) is 18.6 Å². The fourth-order valence-corrected chi connectivity index (χ4v) is 2.15. The number of carbonyl (C=O) groups is 2. The lowest BCUT2D eigenvalue weighted by Crippen LogP contribution is -2.33. The van der Waals surface area contributed by atoms with Gasteiger partial charge in [-0.15, -0.1) is 11.8 Å². The minimum Gasteiger partial charge on any atom is -0.481 e. The van der Waals surface area contributed by atoms with E-state index in [4.69, 9.17) is 9.84 Å². The summed E-state index contributed by atoms with van der Waals surface area (Å²) >= 11 is 1.60. The van der Waals surface area contributed by atoms with E-state index in [1.807, 2.05) is 44.4 Å². The van der Waals surface area contributed by atoms with Crippen LogP contribution in [0.25, 0.3) is 0 Å². The van der Waals surface area contributed by atoms with Crippen LogP contribution < -0.4 is 5.32 Å². The number of rotatable bonds is 8. The van der Waals surface area contributed by atoms with E-state index in [9.17, 15) is 9.59 Å². The third kappa shape index (κ3) is 6.64. The molecule has 6 heteroatoms. The maximum Gasteiger partial charge on any atom is 0.305 e. The Morgan fingerprint density at radius 1 is 1.29 bits per heavy atom. The number of carboxylic acid groups (broad SMARTS) is 1. The fourth-order valence-electron chi connectivity index (χ4n) is 1.74. The molecule has 1 rings (SSSR count). The Balaban J connectivity index is 2.74. The van der Waals surface area contributed by atoms with E-state index >= 15 is 0 Å². The molecule has 0 bridgehead atoms. The van der Waals surface area contributed by atoms with Crippen LogP contribution in [0.3, 0.4) is 0 Å². The maximum absolute atomic E-state index is 11.8. The first-order valence-corrected chi connectivity index (χ1v) is 7.91. The third-order valence-electron chi connectivity index (χ3n) is 2.78. The van der Waals surface area contributed by atoms with Crippen molar-refractivity contribution in [3.05, 3.63) is 29.8 Å². The van der Waals surface area contributed by atoms with E-state index in [0.29, 0.717) is 0 Å². The Kier molecular flexibility index (Phi) is 7.25. The molecular formula is C15H21NO4S. The van der Waals surface area contributed by atoms with E-state index in [-0.39, 0.29) is 25.0 Å². The van der Waals surface area contributed by atoms with Crippen molar-refractivity contribution in [2.24, 2.45) is 0 Å². The van der Waals surface area contributed by atoms with E-state index in [2.05, 4.69) is 5.32 Å². The molecule has 0 aromatic heterocycles. The van der Waals surface area contributed by atoms with Crippen molar-refractivity contribution in [1.29, 1.82) is 0 Å². The minimum absolute atomic E-state index is 0.0467. The second-order valence-corrected chi connectivity index (χ2v) is 5.73. The van der Waals surface area contributed by atoms with E-state index in [1.54, 1.807) is 11.8 Å². The minimum atomic E-state index is -0.959. The van der Waals surface area contributed by atoms with Gasteiger partial charge in [0.1, 0.15) is 6.61 Å². The van der Waals surface area contributed by atoms with Gasteiger partial charge in [0.2, 0.25) is 5.91 Å². The molecule has 0 aliphatic rings. The molecule has 0 saturated carbocycles. The van der Waals surface area contributed by atoms with E-state index < -0.39 is 12.0 Å². The predicted octanol–water partition coefficient (Wildman–Crippen LogP) is 2.47. The molecule has 0 spiro atoms. The van der Waals surface area contributed by atoms with Crippen molar-refractivity contribution in [3.8, 4) is 0 Å². The summed E-state index contributed by atoms with van der Waals surface area (Å²) in [5, 5.41) is 11.7. The van der Waals surface area contributed by atoms with Crippen LogP contribution in [-0.2, 0) is 14.3 Å². The molecule has 1 amide bonds. The third-order valence-corrected chi connectivity index (χ3v) is 3.52. The highest BCUT2D eigenvalue weighted by Crippen LogP contribution is 2.21. The summed E-state index contributed by atoms with van der Waals surface area (Å²) in [5.41, 5.74) is 0.771. The molecule has 0 radical (unpaired) electrons. The van der Waals surface area contributed by atoms with Gasteiger partial charge in [-0.2, -0.15) is 0 Å². The lowest BCUT2D eigenvalue weighted by molar-refractivity contribution is -0.138. The normalized spacial score (nSPS) is 12.2. The first-order valence-electron chi connectivity index (χ1n) is 6.69. The SMILES string of the molecule is CSc1ccc(C(CC(=O)O)NC(=O)COC(C)C)cc1. The molecule has 1 aromatic carbocycles. The van der Waals surface area contributed by atoms with Gasteiger partial charge >= 0.3 is 5.97 Å². The van der Waals surface area contributed by atoms with Crippen molar-refractivity contribution >= 4 is 23.6 Å². The molecule has 5 nitrogen and oxygen atoms in total. The molecule has 0 saturated heterocycles.